The third-order valence-corrected chi connectivity index (χ3v) is 8.94. The van der Waals surface area contributed by atoms with Gasteiger partial charge in [0.05, 0.1) is 24.5 Å². The van der Waals surface area contributed by atoms with Crippen molar-refractivity contribution in [3.8, 4) is 5.75 Å². The van der Waals surface area contributed by atoms with E-state index in [-0.39, 0.29) is 30.4 Å². The molecule has 2 saturated heterocycles. The van der Waals surface area contributed by atoms with Crippen molar-refractivity contribution in [3.63, 3.8) is 0 Å². The van der Waals surface area contributed by atoms with Crippen molar-refractivity contribution in [1.82, 2.24) is 9.80 Å². The number of rotatable bonds is 11. The van der Waals surface area contributed by atoms with Crippen LogP contribution in [0.4, 0.5) is 5.69 Å². The number of likely N-dealkylation sites (tertiary alicyclic amines) is 1. The van der Waals surface area contributed by atoms with Crippen LogP contribution in [-0.2, 0) is 19.1 Å². The highest BCUT2D eigenvalue weighted by Gasteiger charge is 2.71. The lowest BCUT2D eigenvalue weighted by Gasteiger charge is -2.37. The molecule has 0 bridgehead atoms. The number of hydrogen-bond acceptors (Lipinski definition) is 6. The maximum absolute atomic E-state index is 14.3. The molecule has 1 N–H and O–H groups in total. The van der Waals surface area contributed by atoms with Gasteiger partial charge in [0.2, 0.25) is 17.7 Å². The molecule has 2 unspecified atom stereocenters. The van der Waals surface area contributed by atoms with Gasteiger partial charge in [0.15, 0.2) is 0 Å². The summed E-state index contributed by atoms with van der Waals surface area (Å²) in [6.45, 7) is 7.89. The van der Waals surface area contributed by atoms with Crippen LogP contribution in [0.15, 0.2) is 48.6 Å². The minimum Gasteiger partial charge on any atom is -0.494 e. The van der Waals surface area contributed by atoms with E-state index < -0.39 is 29.6 Å². The number of hydrogen-bond donors (Lipinski definition) is 1. The molecule has 1 aromatic rings. The number of anilines is 1. The topological polar surface area (TPSA) is 99.6 Å². The molecule has 2 fully saturated rings. The van der Waals surface area contributed by atoms with Gasteiger partial charge >= 0.3 is 0 Å². The summed E-state index contributed by atoms with van der Waals surface area (Å²) in [7, 11) is 0. The SMILES string of the molecule is CCCC(C)N1CC=C[C@]23O[C@@H]4C=CCN(c5ccc(OCC)cc5)C(=O)[C@@H]4[C@H]2C(=O)N(CCCCCO)C3C1=O. The zero-order valence-corrected chi connectivity index (χ0v) is 24.4. The molecule has 1 aromatic carbocycles. The Morgan fingerprint density at radius 1 is 1.02 bits per heavy atom. The Morgan fingerprint density at radius 3 is 2.51 bits per heavy atom. The van der Waals surface area contributed by atoms with E-state index in [1.54, 1.807) is 9.80 Å². The van der Waals surface area contributed by atoms with Crippen LogP contribution in [0.3, 0.4) is 0 Å². The van der Waals surface area contributed by atoms with Crippen LogP contribution in [0.1, 0.15) is 52.9 Å². The maximum atomic E-state index is 14.3. The summed E-state index contributed by atoms with van der Waals surface area (Å²) in [5.41, 5.74) is -0.497. The van der Waals surface area contributed by atoms with Gasteiger partial charge in [-0.2, -0.15) is 0 Å². The van der Waals surface area contributed by atoms with Crippen LogP contribution in [0, 0.1) is 11.8 Å². The second-order valence-electron chi connectivity index (χ2n) is 11.5. The molecule has 9 nitrogen and oxygen atoms in total. The highest BCUT2D eigenvalue weighted by atomic mass is 16.5. The summed E-state index contributed by atoms with van der Waals surface area (Å²) in [6, 6.07) is 6.58. The summed E-state index contributed by atoms with van der Waals surface area (Å²) in [5.74, 6) is -1.34. The molecule has 0 saturated carbocycles. The molecule has 0 aromatic heterocycles. The maximum Gasteiger partial charge on any atom is 0.249 e. The Hall–Kier alpha value is -3.17. The predicted molar refractivity (Wildman–Crippen MR) is 155 cm³/mol. The van der Waals surface area contributed by atoms with Crippen LogP contribution in [0.2, 0.25) is 0 Å². The molecule has 222 valence electrons. The Morgan fingerprint density at radius 2 is 1.80 bits per heavy atom. The quantitative estimate of drug-likeness (QED) is 0.327. The Labute approximate surface area is 242 Å². The third kappa shape index (κ3) is 5.18. The normalized spacial score (nSPS) is 29.8. The standard InChI is InChI=1S/C32H43N3O6/c1-4-11-22(3)33-20-10-17-32-27(30(38)35(28(32)31(33)39)18-7-6-8-21-36)26-25(41-32)12-9-19-34(29(26)37)23-13-15-24(16-14-23)40-5-2/h9-10,12-17,22,25-28,36H,4-8,11,18-21H2,1-3H3/t22?,25-,26+,27+,28?,32+/m1/s1. The Kier molecular flexibility index (Phi) is 8.85. The number of carbonyl (C=O) groups excluding carboxylic acids is 3. The van der Waals surface area contributed by atoms with Gasteiger partial charge in [0.25, 0.3) is 0 Å². The van der Waals surface area contributed by atoms with Gasteiger partial charge in [-0.05, 0) is 63.8 Å². The molecule has 6 atom stereocenters. The van der Waals surface area contributed by atoms with E-state index in [0.29, 0.717) is 39.1 Å². The van der Waals surface area contributed by atoms with Gasteiger partial charge in [-0.25, -0.2) is 0 Å². The summed E-state index contributed by atoms with van der Waals surface area (Å²) in [6.07, 6.45) is 10.9. The van der Waals surface area contributed by atoms with E-state index in [1.807, 2.05) is 67.3 Å². The first-order valence-corrected chi connectivity index (χ1v) is 15.2. The number of nitrogens with zero attached hydrogens (tertiary/aromatic N) is 3. The van der Waals surface area contributed by atoms with Gasteiger partial charge in [-0.15, -0.1) is 0 Å². The lowest BCUT2D eigenvalue weighted by Crippen LogP contribution is -2.56. The molecule has 5 rings (SSSR count). The van der Waals surface area contributed by atoms with Crippen molar-refractivity contribution >= 4 is 23.4 Å². The Bertz CT molecular complexity index is 1180. The number of ether oxygens (including phenoxy) is 2. The third-order valence-electron chi connectivity index (χ3n) is 8.94. The van der Waals surface area contributed by atoms with Gasteiger partial charge in [-0.1, -0.05) is 37.6 Å². The molecule has 4 aliphatic heterocycles. The molecule has 4 heterocycles. The smallest absolute Gasteiger partial charge is 0.249 e. The van der Waals surface area contributed by atoms with Gasteiger partial charge in [0, 0.05) is 38.0 Å². The largest absolute Gasteiger partial charge is 0.494 e. The zero-order chi connectivity index (χ0) is 29.1. The number of unbranched alkanes of at least 4 members (excludes halogenated alkanes) is 2. The molecular formula is C32H43N3O6. The summed E-state index contributed by atoms with van der Waals surface area (Å²) in [5, 5.41) is 9.27. The second-order valence-corrected chi connectivity index (χ2v) is 11.5. The molecule has 1 spiro atoms. The lowest BCUT2D eigenvalue weighted by molar-refractivity contribution is -0.148. The second kappa shape index (κ2) is 12.4. The van der Waals surface area contributed by atoms with E-state index in [2.05, 4.69) is 6.92 Å². The average molecular weight is 566 g/mol. The van der Waals surface area contributed by atoms with Crippen LogP contribution in [0.25, 0.3) is 0 Å². The number of carbonyl (C=O) groups is 3. The van der Waals surface area contributed by atoms with E-state index in [4.69, 9.17) is 9.47 Å². The highest BCUT2D eigenvalue weighted by molar-refractivity contribution is 6.03. The lowest BCUT2D eigenvalue weighted by atomic mass is 9.77. The van der Waals surface area contributed by atoms with E-state index >= 15 is 0 Å². The molecular weight excluding hydrogens is 522 g/mol. The number of benzene rings is 1. The highest BCUT2D eigenvalue weighted by Crippen LogP contribution is 2.53. The van der Waals surface area contributed by atoms with Crippen molar-refractivity contribution in [2.24, 2.45) is 11.8 Å². The van der Waals surface area contributed by atoms with Crippen molar-refractivity contribution < 1.29 is 29.0 Å². The summed E-state index contributed by atoms with van der Waals surface area (Å²) in [4.78, 5) is 48.1. The fourth-order valence-electron chi connectivity index (χ4n) is 7.06. The fourth-order valence-corrected chi connectivity index (χ4v) is 7.06. The fraction of sp³-hybridized carbons (Fsp3) is 0.594. The van der Waals surface area contributed by atoms with E-state index in [9.17, 15) is 19.5 Å². The Balaban J connectivity index is 1.51. The first kappa shape index (κ1) is 29.3. The molecule has 9 heteroatoms. The number of amides is 3. The molecule has 41 heavy (non-hydrogen) atoms. The number of aliphatic hydroxyl groups is 1. The summed E-state index contributed by atoms with van der Waals surface area (Å²) >= 11 is 0. The molecule has 4 aliphatic rings. The van der Waals surface area contributed by atoms with Crippen LogP contribution in [-0.4, -0.2) is 89.3 Å². The minimum atomic E-state index is -1.22. The van der Waals surface area contributed by atoms with Gasteiger partial charge < -0.3 is 29.3 Å². The number of aliphatic hydroxyl groups excluding tert-OH is 1. The summed E-state index contributed by atoms with van der Waals surface area (Å²) < 4.78 is 12.3. The van der Waals surface area contributed by atoms with Crippen molar-refractivity contribution in [2.45, 2.75) is 76.7 Å². The molecule has 0 aliphatic carbocycles. The average Bonchev–Trinajstić information content (AvgIpc) is 3.26. The zero-order valence-electron chi connectivity index (χ0n) is 24.4. The first-order chi connectivity index (χ1) is 19.9. The van der Waals surface area contributed by atoms with E-state index in [0.717, 1.165) is 30.7 Å². The molecule has 3 amide bonds. The van der Waals surface area contributed by atoms with Crippen LogP contribution < -0.4 is 9.64 Å². The monoisotopic (exact) mass is 565 g/mol. The van der Waals surface area contributed by atoms with Crippen LogP contribution in [0.5, 0.6) is 5.75 Å². The molecule has 0 radical (unpaired) electrons. The van der Waals surface area contributed by atoms with Crippen molar-refractivity contribution in [1.29, 1.82) is 0 Å². The minimum absolute atomic E-state index is 0.0150. The first-order valence-electron chi connectivity index (χ1n) is 15.2. The van der Waals surface area contributed by atoms with Gasteiger partial charge in [-0.3, -0.25) is 14.4 Å². The van der Waals surface area contributed by atoms with Crippen molar-refractivity contribution in [2.75, 3.05) is 37.7 Å². The van der Waals surface area contributed by atoms with E-state index in [1.165, 1.54) is 0 Å². The van der Waals surface area contributed by atoms with Gasteiger partial charge in [0.1, 0.15) is 17.4 Å². The number of fused-ring (bicyclic) bond motifs is 2. The van der Waals surface area contributed by atoms with Crippen molar-refractivity contribution in [3.05, 3.63) is 48.6 Å². The predicted octanol–water partition coefficient (Wildman–Crippen LogP) is 3.32. The van der Waals surface area contributed by atoms with Crippen LogP contribution >= 0.6 is 0 Å².